The minimum absolute atomic E-state index is 0.172. The minimum atomic E-state index is -0.187. The van der Waals surface area contributed by atoms with E-state index in [0.717, 1.165) is 5.69 Å². The summed E-state index contributed by atoms with van der Waals surface area (Å²) < 4.78 is 6.52. The number of aromatic nitrogens is 4. The number of hydrogen-bond donors (Lipinski definition) is 1. The van der Waals surface area contributed by atoms with Crippen LogP contribution in [0.25, 0.3) is 5.69 Å². The number of carbonyl (C=O) groups excluding carboxylic acids is 1. The van der Waals surface area contributed by atoms with Crippen LogP contribution in [0.4, 0.5) is 0 Å². The van der Waals surface area contributed by atoms with Gasteiger partial charge in [0.05, 0.1) is 12.3 Å². The van der Waals surface area contributed by atoms with E-state index in [0.29, 0.717) is 24.6 Å². The Morgan fingerprint density at radius 3 is 2.82 bits per heavy atom. The SMILES string of the molecule is CCOC(=O)CC[C@@H](C)Sc1nnnn1-c1ccc(O)cc1. The van der Waals surface area contributed by atoms with Crippen LogP contribution in [0, 0.1) is 0 Å². The lowest BCUT2D eigenvalue weighted by molar-refractivity contribution is -0.143. The normalized spacial score (nSPS) is 12.1. The van der Waals surface area contributed by atoms with E-state index in [-0.39, 0.29) is 17.0 Å². The average molecular weight is 322 g/mol. The summed E-state index contributed by atoms with van der Waals surface area (Å²) >= 11 is 1.49. The molecule has 7 nitrogen and oxygen atoms in total. The molecule has 0 bridgehead atoms. The molecule has 118 valence electrons. The Bertz CT molecular complexity index is 615. The maximum absolute atomic E-state index is 11.4. The van der Waals surface area contributed by atoms with Crippen LogP contribution < -0.4 is 0 Å². The first-order chi connectivity index (χ1) is 10.6. The number of phenols is 1. The molecule has 1 atom stereocenters. The summed E-state index contributed by atoms with van der Waals surface area (Å²) in [5.74, 6) is 0.00177. The first kappa shape index (κ1) is 16.3. The van der Waals surface area contributed by atoms with Crippen molar-refractivity contribution in [1.29, 1.82) is 0 Å². The highest BCUT2D eigenvalue weighted by atomic mass is 32.2. The molecule has 0 unspecified atom stereocenters. The standard InChI is InChI=1S/C14H18N4O3S/c1-3-21-13(20)9-4-10(2)22-14-15-16-17-18(14)11-5-7-12(19)8-6-11/h5-8,10,19H,3-4,9H2,1-2H3/t10-/m1/s1. The molecular weight excluding hydrogens is 304 g/mol. The van der Waals surface area contributed by atoms with Crippen molar-refractivity contribution in [2.45, 2.75) is 37.1 Å². The third-order valence-electron chi connectivity index (χ3n) is 2.90. The number of phenolic OH excluding ortho intramolecular Hbond substituents is 1. The Balaban J connectivity index is 1.97. The Morgan fingerprint density at radius 2 is 2.14 bits per heavy atom. The lowest BCUT2D eigenvalue weighted by Gasteiger charge is -2.10. The Morgan fingerprint density at radius 1 is 1.41 bits per heavy atom. The number of hydrogen-bond acceptors (Lipinski definition) is 7. The molecule has 0 aliphatic heterocycles. The number of carbonyl (C=O) groups is 1. The van der Waals surface area contributed by atoms with Crippen LogP contribution in [0.2, 0.25) is 0 Å². The molecule has 0 aliphatic rings. The molecule has 0 aliphatic carbocycles. The van der Waals surface area contributed by atoms with Crippen LogP contribution in [0.15, 0.2) is 29.4 Å². The summed E-state index contributed by atoms with van der Waals surface area (Å²) in [7, 11) is 0. The second-order valence-electron chi connectivity index (χ2n) is 4.66. The fourth-order valence-electron chi connectivity index (χ4n) is 1.80. The summed E-state index contributed by atoms with van der Waals surface area (Å²) in [5.41, 5.74) is 0.767. The number of esters is 1. The van der Waals surface area contributed by atoms with Crippen LogP contribution in [-0.4, -0.2) is 43.1 Å². The second-order valence-corrected chi connectivity index (χ2v) is 6.07. The van der Waals surface area contributed by atoms with E-state index < -0.39 is 0 Å². The average Bonchev–Trinajstić information content (AvgIpc) is 2.94. The first-order valence-electron chi connectivity index (χ1n) is 7.00. The number of tetrazole rings is 1. The Hall–Kier alpha value is -2.09. The Kier molecular flexibility index (Phi) is 5.76. The van der Waals surface area contributed by atoms with Crippen LogP contribution in [-0.2, 0) is 9.53 Å². The van der Waals surface area contributed by atoms with E-state index in [1.54, 1.807) is 35.9 Å². The summed E-state index contributed by atoms with van der Waals surface area (Å²) in [4.78, 5) is 11.4. The lowest BCUT2D eigenvalue weighted by atomic mass is 10.2. The van der Waals surface area contributed by atoms with Crippen molar-refractivity contribution in [2.75, 3.05) is 6.61 Å². The minimum Gasteiger partial charge on any atom is -0.508 e. The summed E-state index contributed by atoms with van der Waals surface area (Å²) in [6.45, 7) is 4.21. The Labute approximate surface area is 132 Å². The van der Waals surface area contributed by atoms with Crippen molar-refractivity contribution in [1.82, 2.24) is 20.2 Å². The van der Waals surface area contributed by atoms with Gasteiger partial charge in [-0.25, -0.2) is 0 Å². The van der Waals surface area contributed by atoms with Gasteiger partial charge in [-0.05, 0) is 48.0 Å². The molecule has 1 aromatic carbocycles. The van der Waals surface area contributed by atoms with Crippen molar-refractivity contribution in [2.24, 2.45) is 0 Å². The number of rotatable bonds is 7. The van der Waals surface area contributed by atoms with Gasteiger partial charge < -0.3 is 9.84 Å². The van der Waals surface area contributed by atoms with Crippen LogP contribution in [0.3, 0.4) is 0 Å². The highest BCUT2D eigenvalue weighted by molar-refractivity contribution is 7.99. The summed E-state index contributed by atoms with van der Waals surface area (Å²) in [6, 6.07) is 6.63. The lowest BCUT2D eigenvalue weighted by Crippen LogP contribution is -2.08. The van der Waals surface area contributed by atoms with Crippen LogP contribution in [0.1, 0.15) is 26.7 Å². The monoisotopic (exact) mass is 322 g/mol. The molecule has 2 rings (SSSR count). The molecule has 0 amide bonds. The topological polar surface area (TPSA) is 90.1 Å². The predicted octanol–water partition coefficient (Wildman–Crippen LogP) is 2.19. The largest absolute Gasteiger partial charge is 0.508 e. The fraction of sp³-hybridized carbons (Fsp3) is 0.429. The van der Waals surface area contributed by atoms with Gasteiger partial charge in [0.1, 0.15) is 5.75 Å². The van der Waals surface area contributed by atoms with E-state index in [4.69, 9.17) is 4.74 Å². The molecule has 0 saturated heterocycles. The molecule has 22 heavy (non-hydrogen) atoms. The zero-order chi connectivity index (χ0) is 15.9. The van der Waals surface area contributed by atoms with Gasteiger partial charge in [-0.2, -0.15) is 4.68 Å². The number of thioether (sulfide) groups is 1. The molecule has 1 aromatic heterocycles. The molecule has 0 radical (unpaired) electrons. The van der Waals surface area contributed by atoms with Gasteiger partial charge in [0.2, 0.25) is 5.16 Å². The van der Waals surface area contributed by atoms with Gasteiger partial charge >= 0.3 is 5.97 Å². The number of nitrogens with zero attached hydrogens (tertiary/aromatic N) is 4. The number of benzene rings is 1. The van der Waals surface area contributed by atoms with Gasteiger partial charge in [-0.1, -0.05) is 18.7 Å². The maximum atomic E-state index is 11.4. The smallest absolute Gasteiger partial charge is 0.305 e. The molecule has 1 heterocycles. The maximum Gasteiger partial charge on any atom is 0.305 e. The van der Waals surface area contributed by atoms with Crippen molar-refractivity contribution in [3.8, 4) is 11.4 Å². The van der Waals surface area contributed by atoms with Crippen LogP contribution in [0.5, 0.6) is 5.75 Å². The predicted molar refractivity (Wildman–Crippen MR) is 82.0 cm³/mol. The zero-order valence-electron chi connectivity index (χ0n) is 12.5. The molecule has 1 N–H and O–H groups in total. The molecule has 0 saturated carbocycles. The van der Waals surface area contributed by atoms with Crippen molar-refractivity contribution in [3.63, 3.8) is 0 Å². The fourth-order valence-corrected chi connectivity index (χ4v) is 2.72. The van der Waals surface area contributed by atoms with E-state index in [2.05, 4.69) is 15.5 Å². The van der Waals surface area contributed by atoms with E-state index in [1.807, 2.05) is 6.92 Å². The van der Waals surface area contributed by atoms with Crippen LogP contribution >= 0.6 is 11.8 Å². The molecule has 0 fully saturated rings. The molecular formula is C14H18N4O3S. The molecule has 8 heteroatoms. The summed E-state index contributed by atoms with van der Waals surface area (Å²) in [5, 5.41) is 21.8. The van der Waals surface area contributed by atoms with Gasteiger partial charge in [0, 0.05) is 11.7 Å². The second kappa shape index (κ2) is 7.79. The number of ether oxygens (including phenoxy) is 1. The summed E-state index contributed by atoms with van der Waals surface area (Å²) in [6.07, 6.45) is 1.06. The van der Waals surface area contributed by atoms with E-state index >= 15 is 0 Å². The first-order valence-corrected chi connectivity index (χ1v) is 7.88. The quantitative estimate of drug-likeness (QED) is 0.617. The molecule has 0 spiro atoms. The van der Waals surface area contributed by atoms with Gasteiger partial charge in [0.15, 0.2) is 0 Å². The van der Waals surface area contributed by atoms with Crippen molar-refractivity contribution < 1.29 is 14.6 Å². The van der Waals surface area contributed by atoms with E-state index in [1.165, 1.54) is 11.8 Å². The van der Waals surface area contributed by atoms with Gasteiger partial charge in [0.25, 0.3) is 0 Å². The van der Waals surface area contributed by atoms with Gasteiger partial charge in [-0.15, -0.1) is 5.10 Å². The third-order valence-corrected chi connectivity index (χ3v) is 4.01. The van der Waals surface area contributed by atoms with Gasteiger partial charge in [-0.3, -0.25) is 4.79 Å². The van der Waals surface area contributed by atoms with Crippen molar-refractivity contribution >= 4 is 17.7 Å². The van der Waals surface area contributed by atoms with E-state index in [9.17, 15) is 9.90 Å². The molecule has 2 aromatic rings. The number of aromatic hydroxyl groups is 1. The highest BCUT2D eigenvalue weighted by Crippen LogP contribution is 2.26. The highest BCUT2D eigenvalue weighted by Gasteiger charge is 2.14. The van der Waals surface area contributed by atoms with Crippen molar-refractivity contribution in [3.05, 3.63) is 24.3 Å². The zero-order valence-corrected chi connectivity index (χ0v) is 13.3. The third kappa shape index (κ3) is 4.45.